The highest BCUT2D eigenvalue weighted by atomic mass is 31.1. The summed E-state index contributed by atoms with van der Waals surface area (Å²) in [5.41, 5.74) is 0. The van der Waals surface area contributed by atoms with Gasteiger partial charge in [-0.1, -0.05) is 40.5 Å². The number of hydrogen-bond donors (Lipinski definition) is 0. The second-order valence-corrected chi connectivity index (χ2v) is 8.39. The molecule has 1 aliphatic rings. The van der Waals surface area contributed by atoms with Crippen molar-refractivity contribution in [2.45, 2.75) is 47.0 Å². The Morgan fingerprint density at radius 2 is 1.73 bits per heavy atom. The van der Waals surface area contributed by atoms with E-state index in [1.165, 1.54) is 19.3 Å². The molecule has 0 nitrogen and oxygen atoms in total. The molecule has 0 aliphatic carbocycles. The SMILES string of the molecule is CCC(CCC(C)C1CP(C)C1)C(C)C. The van der Waals surface area contributed by atoms with E-state index in [1.54, 1.807) is 12.3 Å². The van der Waals surface area contributed by atoms with Crippen molar-refractivity contribution < 1.29 is 0 Å². The highest BCUT2D eigenvalue weighted by Crippen LogP contribution is 2.49. The Labute approximate surface area is 98.0 Å². The van der Waals surface area contributed by atoms with Crippen LogP contribution in [0.3, 0.4) is 0 Å². The zero-order valence-electron chi connectivity index (χ0n) is 11.3. The first kappa shape index (κ1) is 13.5. The molecule has 0 aromatic heterocycles. The fourth-order valence-corrected chi connectivity index (χ4v) is 5.04. The first-order valence-electron chi connectivity index (χ1n) is 6.73. The lowest BCUT2D eigenvalue weighted by Gasteiger charge is -2.38. The molecule has 1 heteroatoms. The van der Waals surface area contributed by atoms with Crippen LogP contribution in [-0.2, 0) is 0 Å². The van der Waals surface area contributed by atoms with Crippen LogP contribution in [0.25, 0.3) is 0 Å². The van der Waals surface area contributed by atoms with Gasteiger partial charge < -0.3 is 0 Å². The highest BCUT2D eigenvalue weighted by Gasteiger charge is 2.29. The Morgan fingerprint density at radius 3 is 2.13 bits per heavy atom. The van der Waals surface area contributed by atoms with E-state index in [-0.39, 0.29) is 0 Å². The first-order chi connectivity index (χ1) is 7.04. The highest BCUT2D eigenvalue weighted by molar-refractivity contribution is 7.58. The van der Waals surface area contributed by atoms with E-state index in [0.717, 1.165) is 23.7 Å². The third-order valence-electron chi connectivity index (χ3n) is 4.36. The molecule has 2 unspecified atom stereocenters. The lowest BCUT2D eigenvalue weighted by molar-refractivity contribution is 0.287. The summed E-state index contributed by atoms with van der Waals surface area (Å²) in [7, 11) is 0.468. The topological polar surface area (TPSA) is 0 Å². The molecule has 0 aromatic carbocycles. The minimum Gasteiger partial charge on any atom is -0.109 e. The number of hydrogen-bond acceptors (Lipinski definition) is 0. The van der Waals surface area contributed by atoms with Crippen molar-refractivity contribution in [2.75, 3.05) is 19.0 Å². The summed E-state index contributed by atoms with van der Waals surface area (Å²) in [6.45, 7) is 12.1. The summed E-state index contributed by atoms with van der Waals surface area (Å²) in [6.07, 6.45) is 7.44. The van der Waals surface area contributed by atoms with E-state index in [2.05, 4.69) is 34.4 Å². The quantitative estimate of drug-likeness (QED) is 0.571. The van der Waals surface area contributed by atoms with Gasteiger partial charge in [0.25, 0.3) is 0 Å². The van der Waals surface area contributed by atoms with Crippen LogP contribution in [0, 0.1) is 23.7 Å². The van der Waals surface area contributed by atoms with Gasteiger partial charge in [-0.05, 0) is 49.1 Å². The van der Waals surface area contributed by atoms with E-state index in [9.17, 15) is 0 Å². The number of rotatable bonds is 6. The van der Waals surface area contributed by atoms with E-state index < -0.39 is 0 Å². The molecule has 0 radical (unpaired) electrons. The summed E-state index contributed by atoms with van der Waals surface area (Å²) >= 11 is 0. The second-order valence-electron chi connectivity index (χ2n) is 5.95. The van der Waals surface area contributed by atoms with Crippen molar-refractivity contribution in [3.8, 4) is 0 Å². The van der Waals surface area contributed by atoms with Gasteiger partial charge in [-0.3, -0.25) is 0 Å². The lowest BCUT2D eigenvalue weighted by atomic mass is 9.83. The molecular weight excluding hydrogens is 199 g/mol. The smallest absolute Gasteiger partial charge is 0.0294 e. The van der Waals surface area contributed by atoms with Crippen molar-refractivity contribution in [3.05, 3.63) is 0 Å². The van der Waals surface area contributed by atoms with Gasteiger partial charge in [-0.15, -0.1) is 7.92 Å². The standard InChI is InChI=1S/C14H29P/c1-6-13(11(2)3)8-7-12(4)14-9-15(5)10-14/h11-14H,6-10H2,1-5H3. The van der Waals surface area contributed by atoms with Gasteiger partial charge in [0.1, 0.15) is 0 Å². The summed E-state index contributed by atoms with van der Waals surface area (Å²) in [6, 6.07) is 0. The summed E-state index contributed by atoms with van der Waals surface area (Å²) in [5, 5.41) is 0. The van der Waals surface area contributed by atoms with E-state index >= 15 is 0 Å². The molecule has 0 spiro atoms. The Balaban J connectivity index is 2.18. The Morgan fingerprint density at radius 1 is 1.13 bits per heavy atom. The van der Waals surface area contributed by atoms with Crippen molar-refractivity contribution in [1.82, 2.24) is 0 Å². The van der Waals surface area contributed by atoms with Crippen LogP contribution in [0.15, 0.2) is 0 Å². The van der Waals surface area contributed by atoms with Crippen LogP contribution in [0.5, 0.6) is 0 Å². The fraction of sp³-hybridized carbons (Fsp3) is 1.00. The Bertz CT molecular complexity index is 170. The van der Waals surface area contributed by atoms with Gasteiger partial charge in [-0.2, -0.15) is 0 Å². The van der Waals surface area contributed by atoms with Crippen molar-refractivity contribution in [2.24, 2.45) is 23.7 Å². The monoisotopic (exact) mass is 228 g/mol. The average molecular weight is 228 g/mol. The first-order valence-corrected chi connectivity index (χ1v) is 8.89. The van der Waals surface area contributed by atoms with Gasteiger partial charge in [0, 0.05) is 0 Å². The Hall–Kier alpha value is 0.430. The van der Waals surface area contributed by atoms with Crippen LogP contribution >= 0.6 is 7.92 Å². The van der Waals surface area contributed by atoms with E-state index in [0.29, 0.717) is 7.92 Å². The van der Waals surface area contributed by atoms with Crippen molar-refractivity contribution in [3.63, 3.8) is 0 Å². The summed E-state index contributed by atoms with van der Waals surface area (Å²) < 4.78 is 0. The van der Waals surface area contributed by atoms with E-state index in [1.807, 2.05) is 0 Å². The molecule has 1 aliphatic heterocycles. The van der Waals surface area contributed by atoms with Crippen molar-refractivity contribution >= 4 is 7.92 Å². The van der Waals surface area contributed by atoms with Gasteiger partial charge in [0.05, 0.1) is 0 Å². The third kappa shape index (κ3) is 4.06. The normalized spacial score (nSPS) is 30.0. The van der Waals surface area contributed by atoms with Gasteiger partial charge in [0.2, 0.25) is 0 Å². The Kier molecular flexibility index (Phi) is 5.61. The maximum absolute atomic E-state index is 2.49. The van der Waals surface area contributed by atoms with Crippen molar-refractivity contribution in [1.29, 1.82) is 0 Å². The fourth-order valence-electron chi connectivity index (χ4n) is 2.83. The maximum atomic E-state index is 2.49. The lowest BCUT2D eigenvalue weighted by Crippen LogP contribution is -2.28. The van der Waals surface area contributed by atoms with Crippen LogP contribution in [0.1, 0.15) is 47.0 Å². The third-order valence-corrected chi connectivity index (χ3v) is 6.54. The summed E-state index contributed by atoms with van der Waals surface area (Å²) in [5.74, 6) is 3.94. The zero-order valence-corrected chi connectivity index (χ0v) is 12.2. The molecule has 90 valence electrons. The molecule has 1 heterocycles. The van der Waals surface area contributed by atoms with Gasteiger partial charge in [0.15, 0.2) is 0 Å². The molecule has 0 aromatic rings. The van der Waals surface area contributed by atoms with Crippen LogP contribution in [-0.4, -0.2) is 19.0 Å². The zero-order chi connectivity index (χ0) is 11.4. The molecule has 1 saturated heterocycles. The molecule has 1 rings (SSSR count). The van der Waals surface area contributed by atoms with Crippen LogP contribution in [0.2, 0.25) is 0 Å². The van der Waals surface area contributed by atoms with Crippen LogP contribution in [0.4, 0.5) is 0 Å². The van der Waals surface area contributed by atoms with Gasteiger partial charge >= 0.3 is 0 Å². The summed E-state index contributed by atoms with van der Waals surface area (Å²) in [4.78, 5) is 0. The molecular formula is C14H29P. The molecule has 0 N–H and O–H groups in total. The molecule has 0 bridgehead atoms. The van der Waals surface area contributed by atoms with E-state index in [4.69, 9.17) is 0 Å². The minimum atomic E-state index is 0.468. The molecule has 0 saturated carbocycles. The predicted molar refractivity (Wildman–Crippen MR) is 73.1 cm³/mol. The molecule has 0 amide bonds. The second kappa shape index (κ2) is 6.24. The molecule has 15 heavy (non-hydrogen) atoms. The maximum Gasteiger partial charge on any atom is -0.0294 e. The van der Waals surface area contributed by atoms with Gasteiger partial charge in [-0.25, -0.2) is 0 Å². The largest absolute Gasteiger partial charge is 0.109 e. The average Bonchev–Trinajstić information content (AvgIpc) is 2.13. The molecule has 1 fully saturated rings. The van der Waals surface area contributed by atoms with Crippen LogP contribution < -0.4 is 0 Å². The molecule has 2 atom stereocenters. The minimum absolute atomic E-state index is 0.468. The predicted octanol–water partition coefficient (Wildman–Crippen LogP) is 4.83.